The molecule has 1 saturated carbocycles. The van der Waals surface area contributed by atoms with Crippen LogP contribution in [0.1, 0.15) is 51.3 Å². The highest BCUT2D eigenvalue weighted by molar-refractivity contribution is 5.85. The minimum absolute atomic E-state index is 0.0187. The third kappa shape index (κ3) is 4.25. The van der Waals surface area contributed by atoms with E-state index in [0.29, 0.717) is 23.6 Å². The lowest BCUT2D eigenvalue weighted by molar-refractivity contribution is -0.124. The number of amides is 1. The fraction of sp³-hybridized carbons (Fsp3) is 0.667. The Kier molecular flexibility index (Phi) is 5.72. The van der Waals surface area contributed by atoms with Crippen LogP contribution in [0, 0.1) is 31.6 Å². The summed E-state index contributed by atoms with van der Waals surface area (Å²) in [5.74, 6) is 2.17. The van der Waals surface area contributed by atoms with E-state index in [2.05, 4.69) is 36.2 Å². The van der Waals surface area contributed by atoms with Crippen molar-refractivity contribution in [2.24, 2.45) is 24.8 Å². The van der Waals surface area contributed by atoms with Gasteiger partial charge in [-0.2, -0.15) is 0 Å². The number of ether oxygens (including phenoxy) is 1. The largest absolute Gasteiger partial charge is 0.466 e. The highest BCUT2D eigenvalue weighted by Gasteiger charge is 2.31. The molecule has 3 unspecified atom stereocenters. The molecular formula is C21H32N4O2. The van der Waals surface area contributed by atoms with Gasteiger partial charge in [-0.1, -0.05) is 27.2 Å². The van der Waals surface area contributed by atoms with Crippen molar-refractivity contribution in [1.29, 1.82) is 0 Å². The molecule has 0 spiro atoms. The van der Waals surface area contributed by atoms with Crippen LogP contribution in [-0.4, -0.2) is 33.3 Å². The summed E-state index contributed by atoms with van der Waals surface area (Å²) in [7, 11) is 1.85. The first kappa shape index (κ1) is 19.6. The highest BCUT2D eigenvalue weighted by Crippen LogP contribution is 2.33. The zero-order valence-electron chi connectivity index (χ0n) is 17.4. The molecule has 0 radical (unpaired) electrons. The fourth-order valence-electron chi connectivity index (χ4n) is 4.40. The summed E-state index contributed by atoms with van der Waals surface area (Å²) in [6.07, 6.45) is 3.47. The maximum Gasteiger partial charge on any atom is 0.258 e. The van der Waals surface area contributed by atoms with Gasteiger partial charge in [0.2, 0.25) is 5.88 Å². The summed E-state index contributed by atoms with van der Waals surface area (Å²) in [6.45, 7) is 10.7. The Bertz CT molecular complexity index is 827. The van der Waals surface area contributed by atoms with Crippen molar-refractivity contribution in [3.63, 3.8) is 0 Å². The molecule has 3 atom stereocenters. The van der Waals surface area contributed by atoms with E-state index >= 15 is 0 Å². The van der Waals surface area contributed by atoms with Crippen molar-refractivity contribution >= 4 is 16.9 Å². The Hall–Kier alpha value is -2.11. The second-order valence-electron chi connectivity index (χ2n) is 8.50. The summed E-state index contributed by atoms with van der Waals surface area (Å²) in [4.78, 5) is 17.1. The van der Waals surface area contributed by atoms with Crippen molar-refractivity contribution in [2.45, 2.75) is 59.9 Å². The van der Waals surface area contributed by atoms with Gasteiger partial charge >= 0.3 is 0 Å². The number of hydrogen-bond donors (Lipinski definition) is 1. The number of nitrogens with zero attached hydrogens (tertiary/aromatic N) is 3. The van der Waals surface area contributed by atoms with Gasteiger partial charge in [-0.05, 0) is 56.1 Å². The Morgan fingerprint density at radius 1 is 1.37 bits per heavy atom. The van der Waals surface area contributed by atoms with Gasteiger partial charge < -0.3 is 10.1 Å². The first-order chi connectivity index (χ1) is 12.8. The number of fused-ring (bicyclic) bond motifs is 1. The molecule has 3 rings (SSSR count). The number of aromatic nitrogens is 3. The topological polar surface area (TPSA) is 69.0 Å². The highest BCUT2D eigenvalue weighted by atomic mass is 16.5. The second kappa shape index (κ2) is 7.87. The van der Waals surface area contributed by atoms with Crippen molar-refractivity contribution in [3.05, 3.63) is 17.3 Å². The van der Waals surface area contributed by atoms with Crippen LogP contribution < -0.4 is 10.1 Å². The quantitative estimate of drug-likeness (QED) is 0.871. The van der Waals surface area contributed by atoms with Gasteiger partial charge in [0.1, 0.15) is 0 Å². The smallest absolute Gasteiger partial charge is 0.258 e. The van der Waals surface area contributed by atoms with E-state index in [-0.39, 0.29) is 18.6 Å². The summed E-state index contributed by atoms with van der Waals surface area (Å²) < 4.78 is 7.51. The lowest BCUT2D eigenvalue weighted by Gasteiger charge is -2.37. The molecule has 6 heteroatoms. The summed E-state index contributed by atoms with van der Waals surface area (Å²) in [5.41, 5.74) is 2.78. The van der Waals surface area contributed by atoms with Gasteiger partial charge in [-0.25, -0.2) is 9.67 Å². The minimum atomic E-state index is -0.0729. The van der Waals surface area contributed by atoms with Crippen molar-refractivity contribution in [1.82, 2.24) is 20.1 Å². The predicted molar refractivity (Wildman–Crippen MR) is 107 cm³/mol. The molecule has 2 aromatic heterocycles. The Morgan fingerprint density at radius 2 is 2.11 bits per heavy atom. The normalized spacial score (nSPS) is 23.0. The maximum absolute atomic E-state index is 12.6. The lowest BCUT2D eigenvalue weighted by atomic mass is 9.74. The zero-order chi connectivity index (χ0) is 19.7. The average Bonchev–Trinajstić information content (AvgIpc) is 2.89. The number of nitrogens with one attached hydrogen (secondary N) is 1. The Labute approximate surface area is 161 Å². The molecule has 0 aliphatic heterocycles. The van der Waals surface area contributed by atoms with E-state index in [1.807, 2.05) is 27.0 Å². The predicted octanol–water partition coefficient (Wildman–Crippen LogP) is 3.54. The number of carbonyl (C=O) groups is 1. The van der Waals surface area contributed by atoms with Crippen molar-refractivity contribution in [3.8, 4) is 5.88 Å². The van der Waals surface area contributed by atoms with E-state index in [4.69, 9.17) is 4.74 Å². The van der Waals surface area contributed by atoms with Crippen LogP contribution in [0.5, 0.6) is 5.88 Å². The monoisotopic (exact) mass is 372 g/mol. The molecule has 0 bridgehead atoms. The molecule has 1 aliphatic rings. The molecule has 1 fully saturated rings. The van der Waals surface area contributed by atoms with Gasteiger partial charge in [0.05, 0.1) is 5.39 Å². The molecule has 2 aromatic rings. The summed E-state index contributed by atoms with van der Waals surface area (Å²) >= 11 is 0. The number of hydrogen-bond acceptors (Lipinski definition) is 4. The molecule has 1 aliphatic carbocycles. The van der Waals surface area contributed by atoms with Crippen LogP contribution in [0.15, 0.2) is 6.07 Å². The molecule has 27 heavy (non-hydrogen) atoms. The van der Waals surface area contributed by atoms with E-state index < -0.39 is 0 Å². The van der Waals surface area contributed by atoms with Gasteiger partial charge in [0, 0.05) is 18.8 Å². The fourth-order valence-corrected chi connectivity index (χ4v) is 4.40. The van der Waals surface area contributed by atoms with E-state index in [1.54, 1.807) is 4.68 Å². The molecule has 148 valence electrons. The van der Waals surface area contributed by atoms with Gasteiger partial charge in [0.15, 0.2) is 12.3 Å². The third-order valence-corrected chi connectivity index (χ3v) is 5.80. The van der Waals surface area contributed by atoms with E-state index in [0.717, 1.165) is 28.7 Å². The number of aryl methyl sites for hydroxylation is 3. The zero-order valence-corrected chi connectivity index (χ0v) is 17.4. The lowest BCUT2D eigenvalue weighted by Crippen LogP contribution is -2.47. The van der Waals surface area contributed by atoms with E-state index in [9.17, 15) is 4.79 Å². The summed E-state index contributed by atoms with van der Waals surface area (Å²) in [6, 6.07) is 2.24. The maximum atomic E-state index is 12.6. The van der Waals surface area contributed by atoms with Crippen LogP contribution in [-0.2, 0) is 11.8 Å². The minimum Gasteiger partial charge on any atom is -0.466 e. The Morgan fingerprint density at radius 3 is 2.81 bits per heavy atom. The van der Waals surface area contributed by atoms with Gasteiger partial charge in [0.25, 0.3) is 5.91 Å². The standard InChI is InChI=1S/C21H32N4O2/c1-12(2)16-8-7-13(3)9-17(16)23-18(26)11-27-21-19-14(4)10-15(5)22-20(19)25(6)24-21/h10,12-13,16-17H,7-9,11H2,1-6H3,(H,23,26). The number of carbonyl (C=O) groups excluding carboxylic acids is 1. The molecular weight excluding hydrogens is 340 g/mol. The van der Waals surface area contributed by atoms with Crippen molar-refractivity contribution in [2.75, 3.05) is 6.61 Å². The van der Waals surface area contributed by atoms with Crippen LogP contribution in [0.4, 0.5) is 0 Å². The van der Waals surface area contributed by atoms with Crippen LogP contribution in [0.3, 0.4) is 0 Å². The van der Waals surface area contributed by atoms with Crippen LogP contribution in [0.2, 0.25) is 0 Å². The number of pyridine rings is 1. The first-order valence-corrected chi connectivity index (χ1v) is 9.99. The molecule has 1 amide bonds. The molecule has 1 N–H and O–H groups in total. The third-order valence-electron chi connectivity index (χ3n) is 5.80. The molecule has 6 nitrogen and oxygen atoms in total. The van der Waals surface area contributed by atoms with Crippen LogP contribution in [0.25, 0.3) is 11.0 Å². The second-order valence-corrected chi connectivity index (χ2v) is 8.50. The Balaban J connectivity index is 1.68. The van der Waals surface area contributed by atoms with E-state index in [1.165, 1.54) is 12.8 Å². The SMILES string of the molecule is Cc1cc(C)c2c(OCC(=O)NC3CC(C)CCC3C(C)C)nn(C)c2n1. The van der Waals surface area contributed by atoms with Crippen LogP contribution >= 0.6 is 0 Å². The first-order valence-electron chi connectivity index (χ1n) is 9.99. The van der Waals surface area contributed by atoms with Gasteiger partial charge in [-0.15, -0.1) is 5.10 Å². The number of rotatable bonds is 5. The van der Waals surface area contributed by atoms with Gasteiger partial charge in [-0.3, -0.25) is 4.79 Å². The summed E-state index contributed by atoms with van der Waals surface area (Å²) in [5, 5.41) is 8.51. The molecule has 2 heterocycles. The average molecular weight is 373 g/mol. The molecule has 0 saturated heterocycles. The molecule has 0 aromatic carbocycles. The van der Waals surface area contributed by atoms with Crippen molar-refractivity contribution < 1.29 is 9.53 Å².